The number of nitrogens with one attached hydrogen (secondary N) is 1. The molecule has 1 aromatic heterocycles. The monoisotopic (exact) mass is 430 g/mol. The van der Waals surface area contributed by atoms with Gasteiger partial charge in [-0.15, -0.1) is 0 Å². The largest absolute Gasteiger partial charge is 0.497 e. The van der Waals surface area contributed by atoms with Crippen molar-refractivity contribution in [3.8, 4) is 5.75 Å². The number of carbonyl (C=O) groups is 2. The number of rotatable bonds is 9. The SMILES string of the molecule is COc1cccc(CNC(=O)CC[C@@H]2CCCN(C(=O)c3ccc(CSC)o3)C2)c1. The Hall–Kier alpha value is -2.41. The zero-order chi connectivity index (χ0) is 21.3. The number of hydrogen-bond donors (Lipinski definition) is 1. The molecule has 7 heteroatoms. The molecule has 1 aliphatic rings. The van der Waals surface area contributed by atoms with Crippen LogP contribution in [0.5, 0.6) is 5.75 Å². The summed E-state index contributed by atoms with van der Waals surface area (Å²) in [5.74, 6) is 3.11. The molecule has 0 radical (unpaired) electrons. The van der Waals surface area contributed by atoms with Crippen LogP contribution in [0.3, 0.4) is 0 Å². The lowest BCUT2D eigenvalue weighted by Crippen LogP contribution is -2.40. The molecule has 0 unspecified atom stereocenters. The van der Waals surface area contributed by atoms with Crippen molar-refractivity contribution < 1.29 is 18.7 Å². The predicted molar refractivity (Wildman–Crippen MR) is 119 cm³/mol. The number of nitrogens with zero attached hydrogens (tertiary/aromatic N) is 1. The number of methoxy groups -OCH3 is 1. The molecule has 0 aliphatic carbocycles. The summed E-state index contributed by atoms with van der Waals surface area (Å²) in [5, 5.41) is 2.97. The zero-order valence-corrected chi connectivity index (χ0v) is 18.5. The van der Waals surface area contributed by atoms with Crippen molar-refractivity contribution >= 4 is 23.6 Å². The molecular formula is C23H30N2O4S. The number of hydrogen-bond acceptors (Lipinski definition) is 5. The minimum absolute atomic E-state index is 0.0361. The van der Waals surface area contributed by atoms with Crippen LogP contribution in [0.15, 0.2) is 40.8 Å². The molecule has 1 N–H and O–H groups in total. The van der Waals surface area contributed by atoms with Crippen LogP contribution in [0, 0.1) is 5.92 Å². The Kier molecular flexibility index (Phi) is 8.25. The maximum absolute atomic E-state index is 12.7. The highest BCUT2D eigenvalue weighted by Crippen LogP contribution is 2.23. The van der Waals surface area contributed by atoms with Crippen LogP contribution in [0.2, 0.25) is 0 Å². The fourth-order valence-electron chi connectivity index (χ4n) is 3.76. The second-order valence-electron chi connectivity index (χ2n) is 7.63. The number of likely N-dealkylation sites (tertiary alicyclic amines) is 1. The van der Waals surface area contributed by atoms with Crippen LogP contribution in [0.1, 0.15) is 47.6 Å². The van der Waals surface area contributed by atoms with Crippen LogP contribution in [-0.4, -0.2) is 43.2 Å². The number of piperidine rings is 1. The number of carbonyl (C=O) groups excluding carboxylic acids is 2. The van der Waals surface area contributed by atoms with E-state index in [9.17, 15) is 9.59 Å². The summed E-state index contributed by atoms with van der Waals surface area (Å²) >= 11 is 1.67. The molecular weight excluding hydrogens is 400 g/mol. The minimum Gasteiger partial charge on any atom is -0.497 e. The lowest BCUT2D eigenvalue weighted by molar-refractivity contribution is -0.121. The molecule has 162 valence electrons. The highest BCUT2D eigenvalue weighted by atomic mass is 32.2. The summed E-state index contributed by atoms with van der Waals surface area (Å²) in [6.07, 6.45) is 5.26. The third-order valence-corrected chi connectivity index (χ3v) is 5.94. The molecule has 30 heavy (non-hydrogen) atoms. The Balaban J connectivity index is 1.43. The Morgan fingerprint density at radius 3 is 2.97 bits per heavy atom. The molecule has 1 aromatic carbocycles. The fourth-order valence-corrected chi connectivity index (χ4v) is 4.20. The van der Waals surface area contributed by atoms with Crippen LogP contribution in [-0.2, 0) is 17.1 Å². The Labute approximate surface area is 182 Å². The van der Waals surface area contributed by atoms with Crippen molar-refractivity contribution in [3.05, 3.63) is 53.5 Å². The molecule has 2 amide bonds. The second kappa shape index (κ2) is 11.1. The van der Waals surface area contributed by atoms with Gasteiger partial charge >= 0.3 is 0 Å². The maximum Gasteiger partial charge on any atom is 0.289 e. The van der Waals surface area contributed by atoms with E-state index >= 15 is 0 Å². The van der Waals surface area contributed by atoms with E-state index in [-0.39, 0.29) is 11.8 Å². The number of furan rings is 1. The molecule has 1 fully saturated rings. The first kappa shape index (κ1) is 22.3. The number of amides is 2. The molecule has 1 atom stereocenters. The van der Waals surface area contributed by atoms with E-state index in [0.29, 0.717) is 31.2 Å². The Bertz CT molecular complexity index is 851. The number of ether oxygens (including phenoxy) is 1. The summed E-state index contributed by atoms with van der Waals surface area (Å²) in [6, 6.07) is 11.3. The summed E-state index contributed by atoms with van der Waals surface area (Å²) in [4.78, 5) is 26.9. The average Bonchev–Trinajstić information content (AvgIpc) is 3.25. The van der Waals surface area contributed by atoms with Crippen molar-refractivity contribution in [2.24, 2.45) is 5.92 Å². The van der Waals surface area contributed by atoms with Gasteiger partial charge in [0.15, 0.2) is 5.76 Å². The zero-order valence-electron chi connectivity index (χ0n) is 17.7. The smallest absolute Gasteiger partial charge is 0.289 e. The normalized spacial score (nSPS) is 16.3. The van der Waals surface area contributed by atoms with E-state index in [4.69, 9.17) is 9.15 Å². The van der Waals surface area contributed by atoms with E-state index in [0.717, 1.165) is 48.6 Å². The third kappa shape index (κ3) is 6.29. The number of benzene rings is 1. The van der Waals surface area contributed by atoms with Gasteiger partial charge in [-0.3, -0.25) is 9.59 Å². The topological polar surface area (TPSA) is 71.8 Å². The lowest BCUT2D eigenvalue weighted by atomic mass is 9.93. The van der Waals surface area contributed by atoms with Gasteiger partial charge in [-0.2, -0.15) is 11.8 Å². The maximum atomic E-state index is 12.7. The van der Waals surface area contributed by atoms with E-state index in [1.807, 2.05) is 41.5 Å². The molecule has 0 spiro atoms. The van der Waals surface area contributed by atoms with Gasteiger partial charge in [-0.1, -0.05) is 12.1 Å². The van der Waals surface area contributed by atoms with Crippen LogP contribution in [0.25, 0.3) is 0 Å². The van der Waals surface area contributed by atoms with Gasteiger partial charge in [-0.05, 0) is 61.3 Å². The molecule has 1 saturated heterocycles. The van der Waals surface area contributed by atoms with Crippen molar-refractivity contribution in [3.63, 3.8) is 0 Å². The Morgan fingerprint density at radius 2 is 2.17 bits per heavy atom. The Morgan fingerprint density at radius 1 is 1.30 bits per heavy atom. The summed E-state index contributed by atoms with van der Waals surface area (Å²) in [5.41, 5.74) is 1.01. The minimum atomic E-state index is -0.0467. The third-order valence-electron chi connectivity index (χ3n) is 5.37. The molecule has 2 aromatic rings. The van der Waals surface area contributed by atoms with Gasteiger partial charge in [0.1, 0.15) is 11.5 Å². The molecule has 2 heterocycles. The highest BCUT2D eigenvalue weighted by Gasteiger charge is 2.26. The summed E-state index contributed by atoms with van der Waals surface area (Å²) in [6.45, 7) is 1.92. The first-order valence-electron chi connectivity index (χ1n) is 10.4. The van der Waals surface area contributed by atoms with Crippen molar-refractivity contribution in [2.45, 2.75) is 38.0 Å². The number of thioether (sulfide) groups is 1. The van der Waals surface area contributed by atoms with Crippen LogP contribution >= 0.6 is 11.8 Å². The second-order valence-corrected chi connectivity index (χ2v) is 8.49. The van der Waals surface area contributed by atoms with Crippen LogP contribution < -0.4 is 10.1 Å². The van der Waals surface area contributed by atoms with Crippen molar-refractivity contribution in [2.75, 3.05) is 26.5 Å². The van der Waals surface area contributed by atoms with E-state index in [1.54, 1.807) is 24.9 Å². The van der Waals surface area contributed by atoms with Gasteiger partial charge in [0.05, 0.1) is 12.9 Å². The standard InChI is InChI=1S/C23H30N2O4S/c1-28-19-7-3-5-18(13-19)14-24-22(26)11-8-17-6-4-12-25(15-17)23(27)21-10-9-20(29-21)16-30-2/h3,5,7,9-10,13,17H,4,6,8,11-12,14-16H2,1-2H3,(H,24,26)/t17-/m0/s1. The van der Waals surface area contributed by atoms with Crippen LogP contribution in [0.4, 0.5) is 0 Å². The average molecular weight is 431 g/mol. The van der Waals surface area contributed by atoms with Gasteiger partial charge < -0.3 is 19.4 Å². The molecule has 0 bridgehead atoms. The first-order chi connectivity index (χ1) is 14.6. The van der Waals surface area contributed by atoms with Gasteiger partial charge in [0, 0.05) is 26.1 Å². The fraction of sp³-hybridized carbons (Fsp3) is 0.478. The predicted octanol–water partition coefficient (Wildman–Crippen LogP) is 4.10. The van der Waals surface area contributed by atoms with Gasteiger partial charge in [0.25, 0.3) is 5.91 Å². The lowest BCUT2D eigenvalue weighted by Gasteiger charge is -2.32. The summed E-state index contributed by atoms with van der Waals surface area (Å²) < 4.78 is 10.9. The van der Waals surface area contributed by atoms with Crippen molar-refractivity contribution in [1.82, 2.24) is 10.2 Å². The van der Waals surface area contributed by atoms with E-state index in [2.05, 4.69) is 5.32 Å². The molecule has 1 aliphatic heterocycles. The quantitative estimate of drug-likeness (QED) is 0.648. The van der Waals surface area contributed by atoms with E-state index < -0.39 is 0 Å². The molecule has 6 nitrogen and oxygen atoms in total. The van der Waals surface area contributed by atoms with Gasteiger partial charge in [-0.25, -0.2) is 0 Å². The molecule has 3 rings (SSSR count). The van der Waals surface area contributed by atoms with Gasteiger partial charge in [0.2, 0.25) is 5.91 Å². The highest BCUT2D eigenvalue weighted by molar-refractivity contribution is 7.97. The molecule has 0 saturated carbocycles. The summed E-state index contributed by atoms with van der Waals surface area (Å²) in [7, 11) is 1.63. The first-order valence-corrected chi connectivity index (χ1v) is 11.7. The van der Waals surface area contributed by atoms with E-state index in [1.165, 1.54) is 0 Å². The van der Waals surface area contributed by atoms with Crippen molar-refractivity contribution in [1.29, 1.82) is 0 Å².